The van der Waals surface area contributed by atoms with Gasteiger partial charge in [-0.25, -0.2) is 9.69 Å². The van der Waals surface area contributed by atoms with Crippen molar-refractivity contribution >= 4 is 56.8 Å². The van der Waals surface area contributed by atoms with E-state index in [-0.39, 0.29) is 5.69 Å². The average molecular weight is 379 g/mol. The average Bonchev–Trinajstić information content (AvgIpc) is 2.46. The van der Waals surface area contributed by atoms with Gasteiger partial charge in [-0.05, 0) is 42.6 Å². The van der Waals surface area contributed by atoms with Gasteiger partial charge < -0.3 is 4.74 Å². The molecule has 1 atom stereocenters. The van der Waals surface area contributed by atoms with E-state index in [9.17, 15) is 9.59 Å². The van der Waals surface area contributed by atoms with Crippen LogP contribution in [0.3, 0.4) is 0 Å². The molecule has 0 aromatic heterocycles. The molecule has 0 N–H and O–H groups in total. The van der Waals surface area contributed by atoms with E-state index in [2.05, 4.69) is 15.9 Å². The molecule has 1 aromatic rings. The summed E-state index contributed by atoms with van der Waals surface area (Å²) in [5.74, 6) is -0.500. The Morgan fingerprint density at radius 2 is 1.85 bits per heavy atom. The minimum atomic E-state index is -1.35. The zero-order valence-electron chi connectivity index (χ0n) is 10.6. The number of carbonyl (C=O) groups is 2. The Hall–Kier alpha value is -1.04. The number of benzene rings is 1. The van der Waals surface area contributed by atoms with Crippen molar-refractivity contribution in [2.24, 2.45) is 0 Å². The molecule has 4 nitrogen and oxygen atoms in total. The molecule has 1 unspecified atom stereocenters. The molecular weight excluding hydrogens is 369 g/mol. The molecule has 1 heterocycles. The van der Waals surface area contributed by atoms with E-state index in [0.29, 0.717) is 14.5 Å². The zero-order valence-corrected chi connectivity index (χ0v) is 13.7. The van der Waals surface area contributed by atoms with Crippen molar-refractivity contribution in [3.63, 3.8) is 0 Å². The molecule has 106 valence electrons. The molecule has 7 heteroatoms. The predicted molar refractivity (Wildman–Crippen MR) is 81.5 cm³/mol. The van der Waals surface area contributed by atoms with Crippen molar-refractivity contribution in [2.45, 2.75) is 19.4 Å². The normalized spacial score (nSPS) is 23.2. The number of hydrogen-bond acceptors (Lipinski definition) is 3. The SMILES string of the molecule is C/C(Br)=C\C1(C)OC(=O)N(c2cc(Cl)cc(Cl)c2)C1=O. The van der Waals surface area contributed by atoms with Crippen LogP contribution in [0.4, 0.5) is 10.5 Å². The van der Waals surface area contributed by atoms with Gasteiger partial charge in [-0.15, -0.1) is 0 Å². The third-order valence-electron chi connectivity index (χ3n) is 2.69. The molecule has 1 saturated heterocycles. The van der Waals surface area contributed by atoms with Crippen LogP contribution >= 0.6 is 39.1 Å². The smallest absolute Gasteiger partial charge is 0.422 e. The largest absolute Gasteiger partial charge is 0.428 e. The maximum atomic E-state index is 12.4. The van der Waals surface area contributed by atoms with Gasteiger partial charge in [0.2, 0.25) is 5.60 Å². The Kier molecular flexibility index (Phi) is 4.14. The number of imide groups is 1. The van der Waals surface area contributed by atoms with Gasteiger partial charge in [-0.1, -0.05) is 39.1 Å². The number of allylic oxidation sites excluding steroid dienone is 1. The summed E-state index contributed by atoms with van der Waals surface area (Å²) in [6, 6.07) is 4.46. The molecule has 20 heavy (non-hydrogen) atoms. The molecular formula is C13H10BrCl2NO3. The van der Waals surface area contributed by atoms with E-state index in [4.69, 9.17) is 27.9 Å². The first-order chi connectivity index (χ1) is 9.23. The van der Waals surface area contributed by atoms with Gasteiger partial charge in [0.05, 0.1) is 5.69 Å². The molecule has 0 spiro atoms. The number of carbonyl (C=O) groups excluding carboxylic acids is 2. The highest BCUT2D eigenvalue weighted by Crippen LogP contribution is 2.34. The second kappa shape index (κ2) is 5.39. The van der Waals surface area contributed by atoms with Gasteiger partial charge >= 0.3 is 6.09 Å². The van der Waals surface area contributed by atoms with Crippen LogP contribution in [0.1, 0.15) is 13.8 Å². The van der Waals surface area contributed by atoms with Crippen LogP contribution < -0.4 is 4.90 Å². The molecule has 1 fully saturated rings. The van der Waals surface area contributed by atoms with Crippen LogP contribution in [-0.4, -0.2) is 17.6 Å². The molecule has 0 saturated carbocycles. The first-order valence-electron chi connectivity index (χ1n) is 5.61. The summed E-state index contributed by atoms with van der Waals surface area (Å²) in [6.45, 7) is 3.26. The lowest BCUT2D eigenvalue weighted by molar-refractivity contribution is -0.125. The van der Waals surface area contributed by atoms with Crippen molar-refractivity contribution in [2.75, 3.05) is 4.90 Å². The fourth-order valence-corrected chi connectivity index (χ4v) is 2.89. The monoisotopic (exact) mass is 377 g/mol. The van der Waals surface area contributed by atoms with Gasteiger partial charge in [0, 0.05) is 10.0 Å². The Bertz CT molecular complexity index is 608. The van der Waals surface area contributed by atoms with Crippen LogP contribution in [0, 0.1) is 0 Å². The summed E-state index contributed by atoms with van der Waals surface area (Å²) in [5.41, 5.74) is -1.07. The van der Waals surface area contributed by atoms with Crippen molar-refractivity contribution in [3.05, 3.63) is 38.8 Å². The fraction of sp³-hybridized carbons (Fsp3) is 0.231. The minimum absolute atomic E-state index is 0.279. The quantitative estimate of drug-likeness (QED) is 0.759. The van der Waals surface area contributed by atoms with Gasteiger partial charge in [-0.3, -0.25) is 4.79 Å². The lowest BCUT2D eigenvalue weighted by Crippen LogP contribution is -2.37. The highest BCUT2D eigenvalue weighted by Gasteiger charge is 2.50. The van der Waals surface area contributed by atoms with Crippen LogP contribution in [0.2, 0.25) is 10.0 Å². The fourth-order valence-electron chi connectivity index (χ4n) is 1.94. The van der Waals surface area contributed by atoms with Crippen molar-refractivity contribution in [3.8, 4) is 0 Å². The molecule has 0 radical (unpaired) electrons. The molecule has 1 aromatic carbocycles. The van der Waals surface area contributed by atoms with E-state index in [1.807, 2.05) is 0 Å². The summed E-state index contributed by atoms with van der Waals surface area (Å²) >= 11 is 15.0. The van der Waals surface area contributed by atoms with Crippen LogP contribution in [0.25, 0.3) is 0 Å². The van der Waals surface area contributed by atoms with Crippen LogP contribution in [0.5, 0.6) is 0 Å². The van der Waals surface area contributed by atoms with Gasteiger partial charge in [0.15, 0.2) is 0 Å². The molecule has 1 aliphatic heterocycles. The number of cyclic esters (lactones) is 1. The third kappa shape index (κ3) is 2.85. The maximum absolute atomic E-state index is 12.4. The number of anilines is 1. The molecule has 2 amide bonds. The summed E-state index contributed by atoms with van der Waals surface area (Å²) in [7, 11) is 0. The highest BCUT2D eigenvalue weighted by molar-refractivity contribution is 9.11. The van der Waals surface area contributed by atoms with Gasteiger partial charge in [0.1, 0.15) is 0 Å². The van der Waals surface area contributed by atoms with Crippen LogP contribution in [-0.2, 0) is 9.53 Å². The molecule has 0 bridgehead atoms. The number of nitrogens with zero attached hydrogens (tertiary/aromatic N) is 1. The topological polar surface area (TPSA) is 46.6 Å². The number of rotatable bonds is 2. The second-order valence-corrected chi connectivity index (χ2v) is 6.60. The molecule has 1 aliphatic rings. The van der Waals surface area contributed by atoms with E-state index in [1.54, 1.807) is 6.92 Å². The lowest BCUT2D eigenvalue weighted by atomic mass is 10.1. The van der Waals surface area contributed by atoms with Crippen LogP contribution in [0.15, 0.2) is 28.8 Å². The number of halogens is 3. The Balaban J connectivity index is 2.46. The van der Waals surface area contributed by atoms with Crippen molar-refractivity contribution in [1.29, 1.82) is 0 Å². The first-order valence-corrected chi connectivity index (χ1v) is 7.16. The molecule has 0 aliphatic carbocycles. The van der Waals surface area contributed by atoms with E-state index >= 15 is 0 Å². The van der Waals surface area contributed by atoms with Crippen molar-refractivity contribution < 1.29 is 14.3 Å². The van der Waals surface area contributed by atoms with Gasteiger partial charge in [0.25, 0.3) is 5.91 Å². The Morgan fingerprint density at radius 1 is 1.30 bits per heavy atom. The number of hydrogen-bond donors (Lipinski definition) is 0. The van der Waals surface area contributed by atoms with Crippen molar-refractivity contribution in [1.82, 2.24) is 0 Å². The minimum Gasteiger partial charge on any atom is -0.428 e. The van der Waals surface area contributed by atoms with E-state index < -0.39 is 17.6 Å². The summed E-state index contributed by atoms with van der Waals surface area (Å²) in [6.07, 6.45) is 0.764. The van der Waals surface area contributed by atoms with E-state index in [0.717, 1.165) is 4.90 Å². The third-order valence-corrected chi connectivity index (χ3v) is 3.35. The number of amides is 2. The molecule has 2 rings (SSSR count). The summed E-state index contributed by atoms with van der Waals surface area (Å²) in [5, 5.41) is 0.655. The van der Waals surface area contributed by atoms with Gasteiger partial charge in [-0.2, -0.15) is 0 Å². The number of ether oxygens (including phenoxy) is 1. The Morgan fingerprint density at radius 3 is 2.35 bits per heavy atom. The van der Waals surface area contributed by atoms with E-state index in [1.165, 1.54) is 31.2 Å². The summed E-state index contributed by atoms with van der Waals surface area (Å²) in [4.78, 5) is 25.3. The second-order valence-electron chi connectivity index (χ2n) is 4.47. The lowest BCUT2D eigenvalue weighted by Gasteiger charge is -2.16. The predicted octanol–water partition coefficient (Wildman–Crippen LogP) is 4.53. The first kappa shape index (κ1) is 15.4. The standard InChI is InChI=1S/C13H10BrCl2NO3/c1-7(14)6-13(2)11(18)17(12(19)20-13)10-4-8(15)3-9(16)5-10/h3-6H,1-2H3/b7-6+. The summed E-state index contributed by atoms with van der Waals surface area (Å²) < 4.78 is 5.85. The zero-order chi connectivity index (χ0) is 15.1. The highest BCUT2D eigenvalue weighted by atomic mass is 79.9. The maximum Gasteiger partial charge on any atom is 0.422 e. The Labute approximate surface area is 134 Å².